The van der Waals surface area contributed by atoms with E-state index in [1.54, 1.807) is 0 Å². The molecule has 0 aliphatic carbocycles. The fourth-order valence-corrected chi connectivity index (χ4v) is 3.55. The van der Waals surface area contributed by atoms with Gasteiger partial charge in [0, 0.05) is 23.5 Å². The standard InChI is InChI=1S/C20H25ClN2O/c21-18-8-5-9-19(15-18)24-14-4-3-13-23-12-2-1-10-20(23)17-7-6-11-22-16-17/h5-9,11,15-16,20H,1-4,10,12-14H2/t20-/m0/s1. The van der Waals surface area contributed by atoms with Crippen molar-refractivity contribution >= 4 is 11.6 Å². The zero-order chi connectivity index (χ0) is 16.6. The second kappa shape index (κ2) is 9.05. The zero-order valence-electron chi connectivity index (χ0n) is 14.0. The number of hydrogen-bond donors (Lipinski definition) is 0. The Kier molecular flexibility index (Phi) is 6.50. The molecule has 3 rings (SSSR count). The van der Waals surface area contributed by atoms with Crippen LogP contribution < -0.4 is 4.74 Å². The first kappa shape index (κ1) is 17.2. The number of nitrogens with zero attached hydrogens (tertiary/aromatic N) is 2. The summed E-state index contributed by atoms with van der Waals surface area (Å²) >= 11 is 5.97. The van der Waals surface area contributed by atoms with E-state index in [4.69, 9.17) is 16.3 Å². The maximum Gasteiger partial charge on any atom is 0.120 e. The molecule has 0 spiro atoms. The van der Waals surface area contributed by atoms with Crippen molar-refractivity contribution in [2.75, 3.05) is 19.7 Å². The van der Waals surface area contributed by atoms with Crippen LogP contribution in [0, 0.1) is 0 Å². The molecule has 1 aliphatic rings. The highest BCUT2D eigenvalue weighted by Gasteiger charge is 2.23. The van der Waals surface area contributed by atoms with E-state index >= 15 is 0 Å². The van der Waals surface area contributed by atoms with Crippen LogP contribution in [-0.2, 0) is 0 Å². The molecule has 3 nitrogen and oxygen atoms in total. The molecule has 2 aromatic rings. The Hall–Kier alpha value is -1.58. The average Bonchev–Trinajstić information content (AvgIpc) is 2.63. The Morgan fingerprint density at radius 2 is 2.12 bits per heavy atom. The Labute approximate surface area is 149 Å². The molecule has 1 fully saturated rings. The summed E-state index contributed by atoms with van der Waals surface area (Å²) in [7, 11) is 0. The van der Waals surface area contributed by atoms with Crippen molar-refractivity contribution in [3.8, 4) is 5.75 Å². The highest BCUT2D eigenvalue weighted by atomic mass is 35.5. The van der Waals surface area contributed by atoms with Crippen LogP contribution in [0.2, 0.25) is 5.02 Å². The van der Waals surface area contributed by atoms with E-state index in [-0.39, 0.29) is 0 Å². The largest absolute Gasteiger partial charge is 0.494 e. The molecule has 0 unspecified atom stereocenters. The van der Waals surface area contributed by atoms with Crippen LogP contribution in [0.5, 0.6) is 5.75 Å². The number of piperidine rings is 1. The Balaban J connectivity index is 1.43. The topological polar surface area (TPSA) is 25.4 Å². The summed E-state index contributed by atoms with van der Waals surface area (Å²) in [5, 5.41) is 0.722. The van der Waals surface area contributed by atoms with Gasteiger partial charge < -0.3 is 4.74 Å². The molecule has 1 aromatic heterocycles. The smallest absolute Gasteiger partial charge is 0.120 e. The van der Waals surface area contributed by atoms with E-state index in [1.165, 1.54) is 31.4 Å². The van der Waals surface area contributed by atoms with Gasteiger partial charge in [-0.25, -0.2) is 0 Å². The number of pyridine rings is 1. The van der Waals surface area contributed by atoms with Crippen molar-refractivity contribution in [2.24, 2.45) is 0 Å². The fourth-order valence-electron chi connectivity index (χ4n) is 3.37. The van der Waals surface area contributed by atoms with Crippen LogP contribution in [0.25, 0.3) is 0 Å². The fraction of sp³-hybridized carbons (Fsp3) is 0.450. The summed E-state index contributed by atoms with van der Waals surface area (Å²) in [5.74, 6) is 0.855. The molecule has 1 atom stereocenters. The third-order valence-electron chi connectivity index (χ3n) is 4.59. The quantitative estimate of drug-likeness (QED) is 0.652. The highest BCUT2D eigenvalue weighted by molar-refractivity contribution is 6.30. The third kappa shape index (κ3) is 4.96. The molecule has 1 aliphatic heterocycles. The Bertz CT molecular complexity index is 620. The molecule has 128 valence electrons. The van der Waals surface area contributed by atoms with Gasteiger partial charge >= 0.3 is 0 Å². The molecule has 24 heavy (non-hydrogen) atoms. The minimum atomic E-state index is 0.529. The molecule has 1 saturated heterocycles. The number of aromatic nitrogens is 1. The SMILES string of the molecule is Clc1cccc(OCCCCN2CCCC[C@H]2c2cccnc2)c1. The summed E-state index contributed by atoms with van der Waals surface area (Å²) in [5.41, 5.74) is 1.35. The molecule has 0 amide bonds. The van der Waals surface area contributed by atoms with Gasteiger partial charge in [-0.15, -0.1) is 0 Å². The van der Waals surface area contributed by atoms with Crippen LogP contribution in [-0.4, -0.2) is 29.6 Å². The molecule has 4 heteroatoms. The van der Waals surface area contributed by atoms with E-state index in [9.17, 15) is 0 Å². The summed E-state index contributed by atoms with van der Waals surface area (Å²) in [4.78, 5) is 6.90. The van der Waals surface area contributed by atoms with Crippen LogP contribution in [0.4, 0.5) is 0 Å². The normalized spacial score (nSPS) is 18.5. The number of unbranched alkanes of at least 4 members (excludes halogenated alkanes) is 1. The van der Waals surface area contributed by atoms with Crippen molar-refractivity contribution in [2.45, 2.75) is 38.1 Å². The molecule has 0 radical (unpaired) electrons. The minimum Gasteiger partial charge on any atom is -0.494 e. The lowest BCUT2D eigenvalue weighted by atomic mass is 9.96. The molecule has 0 saturated carbocycles. The molecule has 0 N–H and O–H groups in total. The minimum absolute atomic E-state index is 0.529. The van der Waals surface area contributed by atoms with Gasteiger partial charge in [0.1, 0.15) is 5.75 Å². The lowest BCUT2D eigenvalue weighted by Gasteiger charge is -2.35. The van der Waals surface area contributed by atoms with E-state index in [1.807, 2.05) is 42.7 Å². The van der Waals surface area contributed by atoms with Gasteiger partial charge in [0.15, 0.2) is 0 Å². The third-order valence-corrected chi connectivity index (χ3v) is 4.82. The number of halogens is 1. The van der Waals surface area contributed by atoms with Crippen LogP contribution in [0.3, 0.4) is 0 Å². The van der Waals surface area contributed by atoms with Gasteiger partial charge in [0.05, 0.1) is 6.61 Å². The van der Waals surface area contributed by atoms with Crippen molar-refractivity contribution < 1.29 is 4.74 Å². The highest BCUT2D eigenvalue weighted by Crippen LogP contribution is 2.30. The number of ether oxygens (including phenoxy) is 1. The Morgan fingerprint density at radius 1 is 1.17 bits per heavy atom. The first-order valence-electron chi connectivity index (χ1n) is 8.85. The lowest BCUT2D eigenvalue weighted by molar-refractivity contribution is 0.143. The van der Waals surface area contributed by atoms with E-state index in [0.717, 1.165) is 36.8 Å². The maximum absolute atomic E-state index is 5.97. The number of hydrogen-bond acceptors (Lipinski definition) is 3. The lowest BCUT2D eigenvalue weighted by Crippen LogP contribution is -2.34. The van der Waals surface area contributed by atoms with Crippen LogP contribution in [0.1, 0.15) is 43.7 Å². The molecule has 0 bridgehead atoms. The molecular weight excluding hydrogens is 320 g/mol. The van der Waals surface area contributed by atoms with Gasteiger partial charge in [-0.1, -0.05) is 30.2 Å². The monoisotopic (exact) mass is 344 g/mol. The number of benzene rings is 1. The van der Waals surface area contributed by atoms with E-state index in [0.29, 0.717) is 6.04 Å². The average molecular weight is 345 g/mol. The van der Waals surface area contributed by atoms with Gasteiger partial charge in [-0.05, 0) is 68.6 Å². The summed E-state index contributed by atoms with van der Waals surface area (Å²) in [6.07, 6.45) is 9.93. The van der Waals surface area contributed by atoms with E-state index < -0.39 is 0 Å². The van der Waals surface area contributed by atoms with Gasteiger partial charge in [0.2, 0.25) is 0 Å². The Morgan fingerprint density at radius 3 is 2.96 bits per heavy atom. The van der Waals surface area contributed by atoms with Gasteiger partial charge in [-0.2, -0.15) is 0 Å². The first-order chi connectivity index (χ1) is 11.8. The first-order valence-corrected chi connectivity index (χ1v) is 9.23. The summed E-state index contributed by atoms with van der Waals surface area (Å²) in [6, 6.07) is 12.4. The predicted molar refractivity (Wildman–Crippen MR) is 98.6 cm³/mol. The van der Waals surface area contributed by atoms with Crippen LogP contribution in [0.15, 0.2) is 48.8 Å². The van der Waals surface area contributed by atoms with Gasteiger partial charge in [-0.3, -0.25) is 9.88 Å². The molecule has 1 aromatic carbocycles. The zero-order valence-corrected chi connectivity index (χ0v) is 14.8. The predicted octanol–water partition coefficient (Wildman–Crippen LogP) is 5.12. The van der Waals surface area contributed by atoms with Crippen molar-refractivity contribution in [3.05, 3.63) is 59.4 Å². The second-order valence-corrected chi connectivity index (χ2v) is 6.78. The maximum atomic E-state index is 5.97. The summed E-state index contributed by atoms with van der Waals surface area (Å²) in [6.45, 7) is 3.05. The van der Waals surface area contributed by atoms with Crippen molar-refractivity contribution in [3.63, 3.8) is 0 Å². The summed E-state index contributed by atoms with van der Waals surface area (Å²) < 4.78 is 5.77. The second-order valence-electron chi connectivity index (χ2n) is 6.35. The van der Waals surface area contributed by atoms with Crippen molar-refractivity contribution in [1.29, 1.82) is 0 Å². The van der Waals surface area contributed by atoms with Crippen molar-refractivity contribution in [1.82, 2.24) is 9.88 Å². The van der Waals surface area contributed by atoms with E-state index in [2.05, 4.69) is 16.0 Å². The van der Waals surface area contributed by atoms with Crippen LogP contribution >= 0.6 is 11.6 Å². The van der Waals surface area contributed by atoms with Gasteiger partial charge in [0.25, 0.3) is 0 Å². The molecular formula is C20H25ClN2O. The number of rotatable bonds is 7. The number of likely N-dealkylation sites (tertiary alicyclic amines) is 1. The molecule has 2 heterocycles.